The lowest BCUT2D eigenvalue weighted by molar-refractivity contribution is 0.536. The summed E-state index contributed by atoms with van der Waals surface area (Å²) in [5.74, 6) is 2.30. The number of hydrogen-bond acceptors (Lipinski definition) is 4. The molecule has 0 amide bonds. The zero-order valence-corrected chi connectivity index (χ0v) is 10.3. The van der Waals surface area contributed by atoms with Gasteiger partial charge in [-0.2, -0.15) is 0 Å². The van der Waals surface area contributed by atoms with Crippen molar-refractivity contribution in [2.45, 2.75) is 13.3 Å². The van der Waals surface area contributed by atoms with Crippen molar-refractivity contribution in [1.82, 2.24) is 15.3 Å². The first-order valence-corrected chi connectivity index (χ1v) is 6.45. The van der Waals surface area contributed by atoms with Crippen LogP contribution in [0.15, 0.2) is 22.8 Å². The Bertz CT molecular complexity index is 644. The third-order valence-corrected chi connectivity index (χ3v) is 4.05. The van der Waals surface area contributed by atoms with Crippen LogP contribution in [-0.4, -0.2) is 23.1 Å². The minimum Gasteiger partial charge on any atom is -0.461 e. The summed E-state index contributed by atoms with van der Waals surface area (Å²) in [4.78, 5) is 9.20. The average molecular weight is 241 g/mol. The first kappa shape index (κ1) is 10.3. The Kier molecular flexibility index (Phi) is 2.08. The number of fused-ring (bicyclic) bond motifs is 2. The summed E-state index contributed by atoms with van der Waals surface area (Å²) in [5, 5.41) is 3.43. The zero-order valence-electron chi connectivity index (χ0n) is 10.3. The maximum absolute atomic E-state index is 5.39. The van der Waals surface area contributed by atoms with Gasteiger partial charge in [0.05, 0.1) is 12.0 Å². The fourth-order valence-corrected chi connectivity index (χ4v) is 3.10. The van der Waals surface area contributed by atoms with Gasteiger partial charge in [0.2, 0.25) is 0 Å². The van der Waals surface area contributed by atoms with Gasteiger partial charge >= 0.3 is 0 Å². The SMILES string of the molecule is Cc1nc(C2=CC3CNCC3C2)nc2ccoc12. The number of rotatable bonds is 1. The topological polar surface area (TPSA) is 51.0 Å². The molecule has 1 aliphatic heterocycles. The first-order valence-electron chi connectivity index (χ1n) is 6.45. The quantitative estimate of drug-likeness (QED) is 0.831. The van der Waals surface area contributed by atoms with Gasteiger partial charge in [0.15, 0.2) is 11.4 Å². The van der Waals surface area contributed by atoms with E-state index in [0.29, 0.717) is 5.92 Å². The summed E-state index contributed by atoms with van der Waals surface area (Å²) in [7, 11) is 0. The number of hydrogen-bond donors (Lipinski definition) is 1. The third kappa shape index (κ3) is 1.42. The van der Waals surface area contributed by atoms with Crippen LogP contribution in [0.4, 0.5) is 0 Å². The molecule has 2 aromatic rings. The molecule has 0 radical (unpaired) electrons. The van der Waals surface area contributed by atoms with Gasteiger partial charge in [-0.15, -0.1) is 0 Å². The normalized spacial score (nSPS) is 26.6. The smallest absolute Gasteiger partial charge is 0.173 e. The van der Waals surface area contributed by atoms with Gasteiger partial charge in [0.1, 0.15) is 5.52 Å². The monoisotopic (exact) mass is 241 g/mol. The standard InChI is InChI=1S/C14H15N3O/c1-8-13-12(2-3-18-13)17-14(16-8)9-4-10-6-15-7-11(10)5-9/h2-4,10-11,15H,5-7H2,1H3. The van der Waals surface area contributed by atoms with Crippen LogP contribution in [0.2, 0.25) is 0 Å². The predicted molar refractivity (Wildman–Crippen MR) is 69.0 cm³/mol. The minimum absolute atomic E-state index is 0.670. The van der Waals surface area contributed by atoms with E-state index in [1.165, 1.54) is 5.57 Å². The molecule has 4 nitrogen and oxygen atoms in total. The predicted octanol–water partition coefficient (Wildman–Crippen LogP) is 2.15. The van der Waals surface area contributed by atoms with Gasteiger partial charge in [-0.3, -0.25) is 0 Å². The fourth-order valence-electron chi connectivity index (χ4n) is 3.10. The van der Waals surface area contributed by atoms with E-state index in [2.05, 4.69) is 21.4 Å². The van der Waals surface area contributed by atoms with E-state index in [9.17, 15) is 0 Å². The maximum Gasteiger partial charge on any atom is 0.173 e. The molecule has 4 rings (SSSR count). The van der Waals surface area contributed by atoms with Gasteiger partial charge in [-0.25, -0.2) is 9.97 Å². The summed E-state index contributed by atoms with van der Waals surface area (Å²) >= 11 is 0. The maximum atomic E-state index is 5.39. The molecule has 1 N–H and O–H groups in total. The number of nitrogens with one attached hydrogen (secondary N) is 1. The van der Waals surface area contributed by atoms with Crippen LogP contribution >= 0.6 is 0 Å². The van der Waals surface area contributed by atoms with E-state index in [1.807, 2.05) is 13.0 Å². The minimum atomic E-state index is 0.670. The van der Waals surface area contributed by atoms with Gasteiger partial charge in [0.25, 0.3) is 0 Å². The molecule has 4 heteroatoms. The van der Waals surface area contributed by atoms with E-state index in [-0.39, 0.29) is 0 Å². The van der Waals surface area contributed by atoms with Crippen LogP contribution in [0.25, 0.3) is 16.7 Å². The number of allylic oxidation sites excluding steroid dienone is 1. The van der Waals surface area contributed by atoms with Gasteiger partial charge < -0.3 is 9.73 Å². The molecule has 2 unspecified atom stereocenters. The van der Waals surface area contributed by atoms with Gasteiger partial charge in [-0.05, 0) is 37.3 Å². The molecule has 0 aromatic carbocycles. The molecular weight excluding hydrogens is 226 g/mol. The largest absolute Gasteiger partial charge is 0.461 e. The lowest BCUT2D eigenvalue weighted by Gasteiger charge is -2.06. The van der Waals surface area contributed by atoms with Crippen LogP contribution in [-0.2, 0) is 0 Å². The summed E-state index contributed by atoms with van der Waals surface area (Å²) in [6, 6.07) is 1.91. The number of nitrogens with zero attached hydrogens (tertiary/aromatic N) is 2. The van der Waals surface area contributed by atoms with Gasteiger partial charge in [0, 0.05) is 12.6 Å². The molecule has 2 aromatic heterocycles. The molecule has 0 bridgehead atoms. The first-order chi connectivity index (χ1) is 8.81. The molecule has 0 saturated carbocycles. The van der Waals surface area contributed by atoms with Crippen molar-refractivity contribution in [2.75, 3.05) is 13.1 Å². The summed E-state index contributed by atoms with van der Waals surface area (Å²) in [5.41, 5.74) is 3.95. The van der Waals surface area contributed by atoms with Crippen LogP contribution in [0.1, 0.15) is 17.9 Å². The van der Waals surface area contributed by atoms with Crippen molar-refractivity contribution < 1.29 is 4.42 Å². The van der Waals surface area contributed by atoms with Crippen molar-refractivity contribution in [2.24, 2.45) is 11.8 Å². The van der Waals surface area contributed by atoms with Gasteiger partial charge in [-0.1, -0.05) is 6.08 Å². The second-order valence-corrected chi connectivity index (χ2v) is 5.25. The molecule has 18 heavy (non-hydrogen) atoms. The number of furan rings is 1. The van der Waals surface area contributed by atoms with Crippen LogP contribution in [0.3, 0.4) is 0 Å². The summed E-state index contributed by atoms with van der Waals surface area (Å²) in [6.07, 6.45) is 5.13. The molecule has 1 saturated heterocycles. The van der Waals surface area contributed by atoms with Crippen LogP contribution in [0.5, 0.6) is 0 Å². The summed E-state index contributed by atoms with van der Waals surface area (Å²) < 4.78 is 5.39. The number of aromatic nitrogens is 2. The van der Waals surface area contributed by atoms with Crippen molar-refractivity contribution in [3.8, 4) is 0 Å². The van der Waals surface area contributed by atoms with E-state index >= 15 is 0 Å². The Morgan fingerprint density at radius 1 is 1.33 bits per heavy atom. The fraction of sp³-hybridized carbons (Fsp3) is 0.429. The van der Waals surface area contributed by atoms with Crippen molar-refractivity contribution in [3.63, 3.8) is 0 Å². The molecule has 1 aliphatic carbocycles. The third-order valence-electron chi connectivity index (χ3n) is 4.05. The van der Waals surface area contributed by atoms with Crippen LogP contribution in [0, 0.1) is 18.8 Å². The lowest BCUT2D eigenvalue weighted by atomic mass is 10.00. The van der Waals surface area contributed by atoms with E-state index in [0.717, 1.165) is 48.0 Å². The van der Waals surface area contributed by atoms with E-state index in [1.54, 1.807) is 6.26 Å². The lowest BCUT2D eigenvalue weighted by Crippen LogP contribution is -2.09. The second kappa shape index (κ2) is 3.65. The van der Waals surface area contributed by atoms with Crippen LogP contribution < -0.4 is 5.32 Å². The average Bonchev–Trinajstić information content (AvgIpc) is 3.02. The Balaban J connectivity index is 1.79. The highest BCUT2D eigenvalue weighted by Gasteiger charge is 2.32. The van der Waals surface area contributed by atoms with E-state index in [4.69, 9.17) is 4.42 Å². The summed E-state index contributed by atoms with van der Waals surface area (Å²) in [6.45, 7) is 4.20. The van der Waals surface area contributed by atoms with Crippen molar-refractivity contribution in [3.05, 3.63) is 29.9 Å². The van der Waals surface area contributed by atoms with Crippen molar-refractivity contribution >= 4 is 16.7 Å². The molecule has 2 atom stereocenters. The molecule has 3 heterocycles. The Hall–Kier alpha value is -1.68. The van der Waals surface area contributed by atoms with E-state index < -0.39 is 0 Å². The highest BCUT2D eigenvalue weighted by atomic mass is 16.3. The highest BCUT2D eigenvalue weighted by molar-refractivity contribution is 5.77. The molecule has 92 valence electrons. The molecular formula is C14H15N3O. The molecule has 0 spiro atoms. The Labute approximate surface area is 105 Å². The number of aryl methyl sites for hydroxylation is 1. The molecule has 2 aliphatic rings. The van der Waals surface area contributed by atoms with Crippen molar-refractivity contribution in [1.29, 1.82) is 0 Å². The zero-order chi connectivity index (χ0) is 12.1. The second-order valence-electron chi connectivity index (χ2n) is 5.25. The Morgan fingerprint density at radius 2 is 2.28 bits per heavy atom. The molecule has 1 fully saturated rings. The Morgan fingerprint density at radius 3 is 3.17 bits per heavy atom. The highest BCUT2D eigenvalue weighted by Crippen LogP contribution is 2.37.